The molecule has 1 aromatic carbocycles. The van der Waals surface area contributed by atoms with Crippen molar-refractivity contribution in [2.45, 2.75) is 6.42 Å². The smallest absolute Gasteiger partial charge is 0.377 e. The van der Waals surface area contributed by atoms with Crippen LogP contribution in [0.15, 0.2) is 24.3 Å². The van der Waals surface area contributed by atoms with Crippen LogP contribution in [0.3, 0.4) is 0 Å². The average Bonchev–Trinajstić information content (AvgIpc) is 2.17. The molecule has 4 heteroatoms. The van der Waals surface area contributed by atoms with E-state index in [0.29, 0.717) is 20.4 Å². The first-order valence-electron chi connectivity index (χ1n) is 4.10. The Hall–Kier alpha value is -1.29. The lowest BCUT2D eigenvalue weighted by atomic mass is 9.87. The van der Waals surface area contributed by atoms with Gasteiger partial charge in [-0.15, -0.1) is 0 Å². The van der Waals surface area contributed by atoms with Crippen LogP contribution in [0, 0.1) is 0 Å². The van der Waals surface area contributed by atoms with E-state index in [1.54, 1.807) is 0 Å². The monoisotopic (exact) mass is 178 g/mol. The molecule has 3 nitrogen and oxygen atoms in total. The Bertz CT molecular complexity index is 258. The fraction of sp³-hybridized carbons (Fsp3) is 0.222. The Morgan fingerprint density at radius 2 is 2.08 bits per heavy atom. The van der Waals surface area contributed by atoms with Crippen LogP contribution in [0.1, 0.15) is 5.56 Å². The van der Waals surface area contributed by atoms with Gasteiger partial charge in [0.1, 0.15) is 0 Å². The fourth-order valence-electron chi connectivity index (χ4n) is 1.06. The SMILES string of the molecule is O=COBc1ccc(CCO)cc1. The van der Waals surface area contributed by atoms with Crippen molar-refractivity contribution in [1.82, 2.24) is 0 Å². The molecule has 0 bridgehead atoms. The number of hydrogen-bond donors (Lipinski definition) is 1. The molecule has 0 amide bonds. The number of aliphatic hydroxyl groups is 1. The molecule has 0 fully saturated rings. The van der Waals surface area contributed by atoms with E-state index in [0.717, 1.165) is 11.0 Å². The van der Waals surface area contributed by atoms with Crippen molar-refractivity contribution < 1.29 is 14.6 Å². The summed E-state index contributed by atoms with van der Waals surface area (Å²) in [6.45, 7) is 0.589. The molecule has 0 radical (unpaired) electrons. The number of carbonyl (C=O) groups excluding carboxylic acids is 1. The van der Waals surface area contributed by atoms with E-state index < -0.39 is 0 Å². The van der Waals surface area contributed by atoms with Gasteiger partial charge in [0, 0.05) is 6.61 Å². The largest absolute Gasteiger partial charge is 0.537 e. The molecule has 0 aliphatic heterocycles. The molecule has 1 rings (SSSR count). The van der Waals surface area contributed by atoms with Crippen molar-refractivity contribution in [2.75, 3.05) is 6.61 Å². The van der Waals surface area contributed by atoms with Crippen LogP contribution in [0.25, 0.3) is 0 Å². The van der Waals surface area contributed by atoms with Gasteiger partial charge in [0.25, 0.3) is 6.47 Å². The predicted molar refractivity (Wildman–Crippen MR) is 51.2 cm³/mol. The Labute approximate surface area is 77.6 Å². The van der Waals surface area contributed by atoms with Crippen molar-refractivity contribution in [3.63, 3.8) is 0 Å². The minimum absolute atomic E-state index is 0.157. The molecule has 0 aliphatic carbocycles. The molecule has 13 heavy (non-hydrogen) atoms. The normalized spacial score (nSPS) is 9.31. The Morgan fingerprint density at radius 3 is 2.62 bits per heavy atom. The first-order valence-corrected chi connectivity index (χ1v) is 4.10. The van der Waals surface area contributed by atoms with Gasteiger partial charge in [0.15, 0.2) is 0 Å². The molecule has 1 aromatic rings. The molecule has 0 atom stereocenters. The van der Waals surface area contributed by atoms with Crippen LogP contribution < -0.4 is 5.46 Å². The van der Waals surface area contributed by atoms with Crippen molar-refractivity contribution >= 4 is 19.4 Å². The van der Waals surface area contributed by atoms with Gasteiger partial charge in [-0.05, 0) is 17.4 Å². The van der Waals surface area contributed by atoms with Crippen LogP contribution in [0.2, 0.25) is 0 Å². The topological polar surface area (TPSA) is 46.5 Å². The highest BCUT2D eigenvalue weighted by Crippen LogP contribution is 1.96. The molecule has 0 unspecified atom stereocenters. The molecule has 0 saturated heterocycles. The summed E-state index contributed by atoms with van der Waals surface area (Å²) >= 11 is 0. The third-order valence-electron chi connectivity index (χ3n) is 1.74. The van der Waals surface area contributed by atoms with Gasteiger partial charge in [-0.25, -0.2) is 0 Å². The van der Waals surface area contributed by atoms with Gasteiger partial charge in [-0.1, -0.05) is 24.3 Å². The summed E-state index contributed by atoms with van der Waals surface area (Å²) in [6, 6.07) is 7.60. The highest BCUT2D eigenvalue weighted by molar-refractivity contribution is 6.48. The second kappa shape index (κ2) is 5.38. The minimum atomic E-state index is 0.157. The number of benzene rings is 1. The average molecular weight is 178 g/mol. The molecule has 0 heterocycles. The van der Waals surface area contributed by atoms with Gasteiger partial charge in [-0.3, -0.25) is 4.79 Å². The maximum Gasteiger partial charge on any atom is 0.377 e. The second-order valence-corrected chi connectivity index (χ2v) is 2.70. The van der Waals surface area contributed by atoms with Crippen LogP contribution in [-0.2, 0) is 15.9 Å². The van der Waals surface area contributed by atoms with Gasteiger partial charge < -0.3 is 9.76 Å². The number of aliphatic hydroxyl groups excluding tert-OH is 1. The van der Waals surface area contributed by atoms with Crippen molar-refractivity contribution in [2.24, 2.45) is 0 Å². The second-order valence-electron chi connectivity index (χ2n) is 2.70. The maximum atomic E-state index is 9.89. The zero-order valence-corrected chi connectivity index (χ0v) is 7.27. The van der Waals surface area contributed by atoms with E-state index in [4.69, 9.17) is 5.11 Å². The van der Waals surface area contributed by atoms with E-state index in [2.05, 4.69) is 4.65 Å². The summed E-state index contributed by atoms with van der Waals surface area (Å²) in [5, 5.41) is 8.66. The maximum absolute atomic E-state index is 9.89. The highest BCUT2D eigenvalue weighted by Gasteiger charge is 1.96. The summed E-state index contributed by atoms with van der Waals surface area (Å²) < 4.78 is 4.59. The van der Waals surface area contributed by atoms with Crippen LogP contribution in [0.5, 0.6) is 0 Å². The minimum Gasteiger partial charge on any atom is -0.537 e. The number of rotatable bonds is 5. The van der Waals surface area contributed by atoms with Gasteiger partial charge >= 0.3 is 7.48 Å². The van der Waals surface area contributed by atoms with Crippen LogP contribution in [-0.4, -0.2) is 25.7 Å². The highest BCUT2D eigenvalue weighted by atomic mass is 16.5. The van der Waals surface area contributed by atoms with E-state index in [-0.39, 0.29) is 6.61 Å². The van der Waals surface area contributed by atoms with Crippen LogP contribution in [0.4, 0.5) is 0 Å². The first kappa shape index (κ1) is 9.80. The summed E-state index contributed by atoms with van der Waals surface area (Å²) in [4.78, 5) is 9.89. The Balaban J connectivity index is 2.53. The van der Waals surface area contributed by atoms with E-state index in [1.165, 1.54) is 0 Å². The summed E-state index contributed by atoms with van der Waals surface area (Å²) in [6.07, 6.45) is 0.662. The molecular weight excluding hydrogens is 167 g/mol. The van der Waals surface area contributed by atoms with Crippen molar-refractivity contribution in [1.29, 1.82) is 0 Å². The van der Waals surface area contributed by atoms with Crippen LogP contribution >= 0.6 is 0 Å². The standard InChI is InChI=1S/C9H11BO3/c11-6-5-8-1-3-9(4-2-8)10-13-7-12/h1-4,7,10-11H,5-6H2. The lowest BCUT2D eigenvalue weighted by molar-refractivity contribution is -0.120. The fourth-order valence-corrected chi connectivity index (χ4v) is 1.06. The van der Waals surface area contributed by atoms with E-state index in [9.17, 15) is 4.79 Å². The lowest BCUT2D eigenvalue weighted by Crippen LogP contribution is -2.16. The van der Waals surface area contributed by atoms with Crippen molar-refractivity contribution in [3.05, 3.63) is 29.8 Å². The van der Waals surface area contributed by atoms with E-state index >= 15 is 0 Å². The molecule has 68 valence electrons. The van der Waals surface area contributed by atoms with E-state index in [1.807, 2.05) is 24.3 Å². The number of hydrogen-bond acceptors (Lipinski definition) is 3. The zero-order chi connectivity index (χ0) is 9.52. The zero-order valence-electron chi connectivity index (χ0n) is 7.27. The van der Waals surface area contributed by atoms with Crippen molar-refractivity contribution in [3.8, 4) is 0 Å². The van der Waals surface area contributed by atoms with Gasteiger partial charge in [0.05, 0.1) is 0 Å². The summed E-state index contributed by atoms with van der Waals surface area (Å²) in [5.74, 6) is 0. The Morgan fingerprint density at radius 1 is 1.38 bits per heavy atom. The third kappa shape index (κ3) is 3.30. The Kier molecular flexibility index (Phi) is 4.05. The lowest BCUT2D eigenvalue weighted by Gasteiger charge is -2.00. The van der Waals surface area contributed by atoms with Gasteiger partial charge in [0.2, 0.25) is 0 Å². The predicted octanol–water partition coefficient (Wildman–Crippen LogP) is -0.629. The summed E-state index contributed by atoms with van der Waals surface area (Å²) in [7, 11) is 0.308. The molecule has 0 saturated carbocycles. The molecular formula is C9H11BO3. The first-order chi connectivity index (χ1) is 6.36. The molecule has 0 spiro atoms. The molecule has 0 aliphatic rings. The molecule has 1 N–H and O–H groups in total. The van der Waals surface area contributed by atoms with Gasteiger partial charge in [-0.2, -0.15) is 0 Å². The quantitative estimate of drug-likeness (QED) is 0.482. The number of carbonyl (C=O) groups is 1. The summed E-state index contributed by atoms with van der Waals surface area (Å²) in [5.41, 5.74) is 2.03. The molecule has 0 aromatic heterocycles. The third-order valence-corrected chi connectivity index (χ3v) is 1.74.